The van der Waals surface area contributed by atoms with Gasteiger partial charge in [-0.25, -0.2) is 0 Å². The Labute approximate surface area is 108 Å². The molecule has 2 unspecified atom stereocenters. The third-order valence-electron chi connectivity index (χ3n) is 3.53. The van der Waals surface area contributed by atoms with Gasteiger partial charge in [0.1, 0.15) is 5.60 Å². The molecular formula is C13H22N2O3. The van der Waals surface area contributed by atoms with Gasteiger partial charge in [-0.15, -0.1) is 0 Å². The van der Waals surface area contributed by atoms with E-state index in [1.165, 1.54) is 0 Å². The van der Waals surface area contributed by atoms with Crippen molar-refractivity contribution in [2.24, 2.45) is 5.41 Å². The molecule has 0 amide bonds. The second kappa shape index (κ2) is 4.63. The van der Waals surface area contributed by atoms with Crippen LogP contribution < -0.4 is 0 Å². The maximum Gasteiger partial charge on any atom is 0.229 e. The molecule has 0 spiro atoms. The van der Waals surface area contributed by atoms with Gasteiger partial charge in [-0.3, -0.25) is 0 Å². The Morgan fingerprint density at radius 2 is 2.17 bits per heavy atom. The van der Waals surface area contributed by atoms with Gasteiger partial charge < -0.3 is 14.4 Å². The molecular weight excluding hydrogens is 232 g/mol. The molecule has 0 bridgehead atoms. The second-order valence-corrected chi connectivity index (χ2v) is 6.28. The van der Waals surface area contributed by atoms with Crippen LogP contribution in [0.3, 0.4) is 0 Å². The van der Waals surface area contributed by atoms with Gasteiger partial charge in [0, 0.05) is 6.61 Å². The number of aliphatic hydroxyl groups is 1. The summed E-state index contributed by atoms with van der Waals surface area (Å²) in [5.74, 6) is 1.07. The van der Waals surface area contributed by atoms with Crippen molar-refractivity contribution in [2.45, 2.75) is 58.7 Å². The molecule has 2 rings (SSSR count). The Kier molecular flexibility index (Phi) is 3.47. The molecule has 5 heteroatoms. The van der Waals surface area contributed by atoms with Gasteiger partial charge in [-0.2, -0.15) is 4.98 Å². The summed E-state index contributed by atoms with van der Waals surface area (Å²) in [5.41, 5.74) is -0.614. The smallest absolute Gasteiger partial charge is 0.229 e. The van der Waals surface area contributed by atoms with Crippen molar-refractivity contribution in [3.8, 4) is 0 Å². The van der Waals surface area contributed by atoms with Crippen LogP contribution in [0.2, 0.25) is 0 Å². The van der Waals surface area contributed by atoms with Gasteiger partial charge in [0.2, 0.25) is 11.7 Å². The van der Waals surface area contributed by atoms with Gasteiger partial charge in [-0.05, 0) is 25.2 Å². The van der Waals surface area contributed by atoms with Crippen molar-refractivity contribution in [3.63, 3.8) is 0 Å². The Morgan fingerprint density at radius 3 is 2.72 bits per heavy atom. The summed E-state index contributed by atoms with van der Waals surface area (Å²) in [6.07, 6.45) is 1.81. The molecule has 5 nitrogen and oxygen atoms in total. The zero-order valence-corrected chi connectivity index (χ0v) is 11.6. The average molecular weight is 254 g/mol. The lowest BCUT2D eigenvalue weighted by Crippen LogP contribution is -2.28. The summed E-state index contributed by atoms with van der Waals surface area (Å²) < 4.78 is 10.9. The summed E-state index contributed by atoms with van der Waals surface area (Å²) in [7, 11) is 0. The molecule has 1 aliphatic rings. The van der Waals surface area contributed by atoms with Crippen LogP contribution in [0.25, 0.3) is 0 Å². The third kappa shape index (κ3) is 2.72. The Morgan fingerprint density at radius 1 is 1.44 bits per heavy atom. The highest BCUT2D eigenvalue weighted by molar-refractivity contribution is 5.02. The zero-order valence-electron chi connectivity index (χ0n) is 11.6. The highest BCUT2D eigenvalue weighted by Crippen LogP contribution is 2.33. The first-order valence-electron chi connectivity index (χ1n) is 6.46. The maximum atomic E-state index is 10.0. The summed E-state index contributed by atoms with van der Waals surface area (Å²) in [5, 5.41) is 14.0. The Bertz CT molecular complexity index is 403. The quantitative estimate of drug-likeness (QED) is 0.894. The van der Waals surface area contributed by atoms with Crippen LogP contribution >= 0.6 is 0 Å². The largest absolute Gasteiger partial charge is 0.392 e. The fourth-order valence-corrected chi connectivity index (χ4v) is 1.98. The van der Waals surface area contributed by atoms with Crippen molar-refractivity contribution < 1.29 is 14.4 Å². The lowest BCUT2D eigenvalue weighted by atomic mass is 9.87. The van der Waals surface area contributed by atoms with Crippen LogP contribution in [-0.4, -0.2) is 28.0 Å². The van der Waals surface area contributed by atoms with E-state index >= 15 is 0 Å². The Balaban J connectivity index is 2.07. The number of rotatable bonds is 3. The topological polar surface area (TPSA) is 68.4 Å². The summed E-state index contributed by atoms with van der Waals surface area (Å²) in [6, 6.07) is 0. The van der Waals surface area contributed by atoms with Gasteiger partial charge in [0.05, 0.1) is 12.5 Å². The van der Waals surface area contributed by atoms with Crippen LogP contribution in [0.15, 0.2) is 4.52 Å². The minimum absolute atomic E-state index is 0.192. The van der Waals surface area contributed by atoms with Crippen molar-refractivity contribution >= 4 is 0 Å². The maximum absolute atomic E-state index is 10.0. The normalized spacial score (nSPS) is 26.5. The van der Waals surface area contributed by atoms with E-state index in [4.69, 9.17) is 9.26 Å². The van der Waals surface area contributed by atoms with Crippen LogP contribution in [0.4, 0.5) is 0 Å². The molecule has 1 N–H and O–H groups in total. The fourth-order valence-electron chi connectivity index (χ4n) is 1.98. The molecule has 0 saturated carbocycles. The number of hydrogen-bond acceptors (Lipinski definition) is 5. The van der Waals surface area contributed by atoms with Gasteiger partial charge in [-0.1, -0.05) is 25.9 Å². The third-order valence-corrected chi connectivity index (χ3v) is 3.53. The minimum Gasteiger partial charge on any atom is -0.392 e. The molecule has 1 fully saturated rings. The number of nitrogens with zero attached hydrogens (tertiary/aromatic N) is 2. The number of aliphatic hydroxyl groups excluding tert-OH is 1. The highest BCUT2D eigenvalue weighted by atomic mass is 16.5. The molecule has 1 aromatic rings. The summed E-state index contributed by atoms with van der Waals surface area (Å²) in [4.78, 5) is 4.35. The van der Waals surface area contributed by atoms with Crippen molar-refractivity contribution in [1.82, 2.24) is 10.1 Å². The van der Waals surface area contributed by atoms with Crippen molar-refractivity contribution in [2.75, 3.05) is 6.61 Å². The van der Waals surface area contributed by atoms with E-state index in [0.717, 1.165) is 19.4 Å². The first-order chi connectivity index (χ1) is 8.31. The first kappa shape index (κ1) is 13.5. The van der Waals surface area contributed by atoms with Crippen molar-refractivity contribution in [1.29, 1.82) is 0 Å². The Hall–Kier alpha value is -0.940. The fraction of sp³-hybridized carbons (Fsp3) is 0.846. The van der Waals surface area contributed by atoms with Crippen LogP contribution in [-0.2, 0) is 16.8 Å². The minimum atomic E-state index is -0.497. The zero-order chi connectivity index (χ0) is 13.4. The van der Waals surface area contributed by atoms with E-state index < -0.39 is 11.7 Å². The van der Waals surface area contributed by atoms with Gasteiger partial charge in [0.25, 0.3) is 0 Å². The molecule has 1 saturated heterocycles. The summed E-state index contributed by atoms with van der Waals surface area (Å²) in [6.45, 7) is 8.67. The van der Waals surface area contributed by atoms with Gasteiger partial charge in [0.15, 0.2) is 0 Å². The number of hydrogen-bond donors (Lipinski definition) is 1. The standard InChI is InChI=1S/C13H22N2O3/c1-12(2,3)9(16)8-10-14-11(15-18-10)13(4)6-5-7-17-13/h9,16H,5-8H2,1-4H3. The molecule has 0 aliphatic carbocycles. The second-order valence-electron chi connectivity index (χ2n) is 6.28. The van der Waals surface area contributed by atoms with E-state index in [1.807, 2.05) is 27.7 Å². The van der Waals surface area contributed by atoms with E-state index in [2.05, 4.69) is 10.1 Å². The van der Waals surface area contributed by atoms with E-state index in [-0.39, 0.29) is 5.41 Å². The first-order valence-corrected chi connectivity index (χ1v) is 6.46. The molecule has 1 aromatic heterocycles. The highest BCUT2D eigenvalue weighted by Gasteiger charge is 2.37. The number of ether oxygens (including phenoxy) is 1. The van der Waals surface area contributed by atoms with E-state index in [0.29, 0.717) is 18.1 Å². The van der Waals surface area contributed by atoms with Gasteiger partial charge >= 0.3 is 0 Å². The summed E-state index contributed by atoms with van der Waals surface area (Å²) >= 11 is 0. The molecule has 18 heavy (non-hydrogen) atoms. The molecule has 1 aliphatic heterocycles. The molecule has 0 aromatic carbocycles. The number of aromatic nitrogens is 2. The van der Waals surface area contributed by atoms with E-state index in [9.17, 15) is 5.11 Å². The van der Waals surface area contributed by atoms with Crippen molar-refractivity contribution in [3.05, 3.63) is 11.7 Å². The van der Waals surface area contributed by atoms with Crippen LogP contribution in [0.5, 0.6) is 0 Å². The molecule has 2 atom stereocenters. The predicted molar refractivity (Wildman–Crippen MR) is 66.0 cm³/mol. The SMILES string of the molecule is CC1(c2noc(CC(O)C(C)(C)C)n2)CCCO1. The predicted octanol–water partition coefficient (Wildman–Crippen LogP) is 2.04. The van der Waals surface area contributed by atoms with E-state index in [1.54, 1.807) is 0 Å². The lowest BCUT2D eigenvalue weighted by molar-refractivity contribution is 0.00768. The van der Waals surface area contributed by atoms with Crippen LogP contribution in [0.1, 0.15) is 52.3 Å². The molecule has 2 heterocycles. The average Bonchev–Trinajstić information content (AvgIpc) is 2.86. The monoisotopic (exact) mass is 254 g/mol. The molecule has 0 radical (unpaired) electrons. The molecule has 102 valence electrons. The van der Waals surface area contributed by atoms with Crippen LogP contribution in [0, 0.1) is 5.41 Å². The lowest BCUT2D eigenvalue weighted by Gasteiger charge is -2.24.